The highest BCUT2D eigenvalue weighted by Crippen LogP contribution is 2.41. The lowest BCUT2D eigenvalue weighted by Crippen LogP contribution is -2.44. The first-order chi connectivity index (χ1) is 37.7. The Morgan fingerprint density at radius 2 is 1.34 bits per heavy atom. The number of hydrogen-bond acceptors (Lipinski definition) is 21. The third kappa shape index (κ3) is 21.8. The molecule has 0 saturated heterocycles. The fourth-order valence-electron chi connectivity index (χ4n) is 7.92. The SMILES string of the molecule is CCc1c2c(nc3ccc(OCCCNC(=O)OCCSSCCNC(=O)CCOCCOCCOCCOCCOCCOCCOCCOCCOCCN=[N+]=[N-])cc13)-c1cc3c(c(=O)n1C2)COC(=O)[C@]3(O)CC. The Balaban J connectivity index is 0.757. The van der Waals surface area contributed by atoms with Crippen LogP contribution in [0, 0.1) is 0 Å². The fraction of sp³-hybridized carbons (Fsp3) is 0.667. The van der Waals surface area contributed by atoms with Crippen LogP contribution in [-0.4, -0.2) is 196 Å². The summed E-state index contributed by atoms with van der Waals surface area (Å²) in [5.41, 5.74) is 10.5. The molecule has 2 aliphatic rings. The zero-order valence-corrected chi connectivity index (χ0v) is 45.9. The fourth-order valence-corrected chi connectivity index (χ4v) is 9.65. The van der Waals surface area contributed by atoms with Crippen LogP contribution in [0.4, 0.5) is 4.79 Å². The smallest absolute Gasteiger partial charge is 0.407 e. The topological polar surface area (TPSA) is 290 Å². The number of nitrogens with zero attached hydrogens (tertiary/aromatic N) is 5. The van der Waals surface area contributed by atoms with Crippen molar-refractivity contribution in [3.63, 3.8) is 0 Å². The molecule has 0 bridgehead atoms. The van der Waals surface area contributed by atoms with E-state index < -0.39 is 17.7 Å². The maximum absolute atomic E-state index is 13.6. The van der Waals surface area contributed by atoms with Crippen molar-refractivity contribution >= 4 is 50.5 Å². The highest BCUT2D eigenvalue weighted by Gasteiger charge is 2.45. The lowest BCUT2D eigenvalue weighted by molar-refractivity contribution is -0.172. The van der Waals surface area contributed by atoms with Crippen LogP contribution >= 0.6 is 21.6 Å². The number of amides is 2. The van der Waals surface area contributed by atoms with Gasteiger partial charge in [-0.05, 0) is 54.6 Å². The minimum absolute atomic E-state index is 0.0750. The summed E-state index contributed by atoms with van der Waals surface area (Å²) >= 11 is 0. The molecule has 3 aromatic rings. The molecule has 5 rings (SSSR count). The van der Waals surface area contributed by atoms with Gasteiger partial charge >= 0.3 is 12.1 Å². The van der Waals surface area contributed by atoms with Crippen molar-refractivity contribution in [1.29, 1.82) is 0 Å². The van der Waals surface area contributed by atoms with E-state index in [1.807, 2.05) is 25.1 Å². The lowest BCUT2D eigenvalue weighted by Gasteiger charge is -2.31. The number of ether oxygens (including phenoxy) is 12. The van der Waals surface area contributed by atoms with Gasteiger partial charge in [0.1, 0.15) is 19.0 Å². The Labute approximate surface area is 456 Å². The molecular weight excluding hydrogens is 1050 g/mol. The number of benzene rings is 1. The predicted molar refractivity (Wildman–Crippen MR) is 287 cm³/mol. The molecule has 2 aliphatic heterocycles. The summed E-state index contributed by atoms with van der Waals surface area (Å²) in [6, 6.07) is 7.38. The first-order valence-electron chi connectivity index (χ1n) is 26.1. The molecule has 4 heterocycles. The van der Waals surface area contributed by atoms with Gasteiger partial charge in [-0.2, -0.15) is 0 Å². The molecule has 0 radical (unpaired) electrons. The third-order valence-electron chi connectivity index (χ3n) is 11.8. The van der Waals surface area contributed by atoms with Gasteiger partial charge in [-0.1, -0.05) is 40.5 Å². The second kappa shape index (κ2) is 37.1. The van der Waals surface area contributed by atoms with E-state index in [9.17, 15) is 24.3 Å². The van der Waals surface area contributed by atoms with Gasteiger partial charge in [0.15, 0.2) is 5.60 Å². The Hall–Kier alpha value is -4.80. The Kier molecular flexibility index (Phi) is 30.4. The van der Waals surface area contributed by atoms with Crippen LogP contribution in [0.3, 0.4) is 0 Å². The number of aromatic nitrogens is 2. The van der Waals surface area contributed by atoms with Crippen LogP contribution in [0.1, 0.15) is 55.4 Å². The normalized spacial score (nSPS) is 14.4. The molecule has 0 spiro atoms. The quantitative estimate of drug-likeness (QED) is 0.0137. The molecular formula is C51H75N7O17S2. The maximum atomic E-state index is 13.6. The van der Waals surface area contributed by atoms with E-state index in [-0.39, 0.29) is 48.6 Å². The van der Waals surface area contributed by atoms with E-state index in [1.165, 1.54) is 0 Å². The van der Waals surface area contributed by atoms with Gasteiger partial charge in [-0.25, -0.2) is 14.6 Å². The number of alkyl carbamates (subject to hydrolysis) is 1. The minimum atomic E-state index is -1.89. The summed E-state index contributed by atoms with van der Waals surface area (Å²) < 4.78 is 67.1. The summed E-state index contributed by atoms with van der Waals surface area (Å²) in [4.78, 5) is 58.1. The minimum Gasteiger partial charge on any atom is -0.494 e. The molecule has 0 unspecified atom stereocenters. The number of aryl methyl sites for hydroxylation is 1. The summed E-state index contributed by atoms with van der Waals surface area (Å²) in [5.74, 6) is 1.11. The Morgan fingerprint density at radius 1 is 0.753 bits per heavy atom. The summed E-state index contributed by atoms with van der Waals surface area (Å²) in [6.07, 6.45) is 1.07. The molecule has 2 amide bonds. The molecule has 2 aromatic heterocycles. The van der Waals surface area contributed by atoms with Crippen LogP contribution in [-0.2, 0) is 86.9 Å². The van der Waals surface area contributed by atoms with Crippen molar-refractivity contribution in [1.82, 2.24) is 20.2 Å². The van der Waals surface area contributed by atoms with Crippen LogP contribution in [0.25, 0.3) is 32.7 Å². The van der Waals surface area contributed by atoms with E-state index in [2.05, 4.69) is 20.7 Å². The van der Waals surface area contributed by atoms with Gasteiger partial charge < -0.3 is 77.1 Å². The average molecular weight is 1120 g/mol. The van der Waals surface area contributed by atoms with Crippen molar-refractivity contribution in [3.8, 4) is 17.1 Å². The zero-order chi connectivity index (χ0) is 54.8. The monoisotopic (exact) mass is 1120 g/mol. The summed E-state index contributed by atoms with van der Waals surface area (Å²) in [7, 11) is 3.14. The first kappa shape index (κ1) is 63.0. The second-order valence-electron chi connectivity index (χ2n) is 17.0. The van der Waals surface area contributed by atoms with Crippen molar-refractivity contribution in [2.75, 3.05) is 163 Å². The molecule has 26 heteroatoms. The molecule has 0 fully saturated rings. The molecule has 24 nitrogen and oxygen atoms in total. The van der Waals surface area contributed by atoms with E-state index in [1.54, 1.807) is 39.1 Å². The molecule has 1 atom stereocenters. The van der Waals surface area contributed by atoms with Gasteiger partial charge in [0, 0.05) is 59.0 Å². The number of azide groups is 1. The van der Waals surface area contributed by atoms with Crippen LogP contribution < -0.4 is 20.9 Å². The van der Waals surface area contributed by atoms with Crippen LogP contribution in [0.2, 0.25) is 0 Å². The van der Waals surface area contributed by atoms with E-state index >= 15 is 0 Å². The van der Waals surface area contributed by atoms with E-state index in [4.69, 9.17) is 67.4 Å². The van der Waals surface area contributed by atoms with Crippen molar-refractivity contribution in [2.45, 2.75) is 58.3 Å². The molecule has 428 valence electrons. The van der Waals surface area contributed by atoms with E-state index in [0.29, 0.717) is 193 Å². The van der Waals surface area contributed by atoms with Gasteiger partial charge in [0.05, 0.1) is 155 Å². The number of nitrogens with one attached hydrogen (secondary N) is 2. The Morgan fingerprint density at radius 3 is 1.92 bits per heavy atom. The third-order valence-corrected chi connectivity index (χ3v) is 14.2. The molecule has 77 heavy (non-hydrogen) atoms. The number of pyridine rings is 2. The van der Waals surface area contributed by atoms with Crippen LogP contribution in [0.15, 0.2) is 34.2 Å². The van der Waals surface area contributed by atoms with Gasteiger partial charge in [0.2, 0.25) is 5.91 Å². The molecule has 0 saturated carbocycles. The first-order valence-corrected chi connectivity index (χ1v) is 28.6. The number of rotatable bonds is 44. The molecule has 1 aromatic carbocycles. The van der Waals surface area contributed by atoms with Gasteiger partial charge in [-0.15, -0.1) is 0 Å². The number of carbonyl (C=O) groups is 3. The second-order valence-corrected chi connectivity index (χ2v) is 19.7. The maximum Gasteiger partial charge on any atom is 0.407 e. The van der Waals surface area contributed by atoms with E-state index in [0.717, 1.165) is 22.0 Å². The standard InChI is InChI=1S/C51H75N7O17S2/c1-3-39-40-34-38(6-7-44(40)56-47-41(39)36-58-45(47)35-43-42(48(58)60)37-75-49(61)51(43,63)4-2)73-12-5-9-54-50(62)74-31-33-77-76-32-11-53-46(59)8-13-64-15-17-66-19-21-68-23-25-70-27-29-72-30-28-71-26-24-69-22-20-67-18-16-65-14-10-55-57-52/h6-7,34-35,63H,3-5,8-33,36-37H2,1-2H3,(H,53,59)(H,54,62)/t51-/m0/s1. The number of hydrogen-bond donors (Lipinski definition) is 3. The highest BCUT2D eigenvalue weighted by molar-refractivity contribution is 8.76. The Bertz CT molecular complexity index is 2380. The highest BCUT2D eigenvalue weighted by atomic mass is 33.1. The number of fused-ring (bicyclic) bond motifs is 5. The number of aliphatic hydroxyl groups is 1. The molecule has 3 N–H and O–H groups in total. The zero-order valence-electron chi connectivity index (χ0n) is 44.3. The van der Waals surface area contributed by atoms with Crippen molar-refractivity contribution < 1.29 is 76.3 Å². The van der Waals surface area contributed by atoms with Crippen molar-refractivity contribution in [3.05, 3.63) is 67.3 Å². The van der Waals surface area contributed by atoms with Gasteiger partial charge in [0.25, 0.3) is 5.56 Å². The lowest BCUT2D eigenvalue weighted by atomic mass is 9.86. The summed E-state index contributed by atoms with van der Waals surface area (Å²) in [6.45, 7) is 13.5. The largest absolute Gasteiger partial charge is 0.494 e. The number of cyclic esters (lactones) is 1. The summed E-state index contributed by atoms with van der Waals surface area (Å²) in [5, 5.41) is 21.1. The van der Waals surface area contributed by atoms with Crippen molar-refractivity contribution in [2.24, 2.45) is 5.11 Å². The van der Waals surface area contributed by atoms with Gasteiger partial charge in [-0.3, -0.25) is 9.59 Å². The van der Waals surface area contributed by atoms with Crippen LogP contribution in [0.5, 0.6) is 5.75 Å². The predicted octanol–water partition coefficient (Wildman–Crippen LogP) is 4.48. The number of esters is 1. The average Bonchev–Trinajstić information content (AvgIpc) is 4.05. The number of carbonyl (C=O) groups excluding carboxylic acids is 3. The molecule has 0 aliphatic carbocycles.